The second-order valence-electron chi connectivity index (χ2n) is 3.63. The van der Waals surface area contributed by atoms with E-state index in [1.165, 1.54) is 10.4 Å². The Hall–Kier alpha value is -0.380. The topological polar surface area (TPSA) is 29.5 Å². The number of aliphatic hydroxyl groups is 1. The number of aliphatic hydroxyl groups excluding tert-OH is 1. The van der Waals surface area contributed by atoms with Gasteiger partial charge in [-0.15, -0.1) is 11.3 Å². The molecule has 1 saturated heterocycles. The molecule has 0 aliphatic carbocycles. The van der Waals surface area contributed by atoms with Gasteiger partial charge in [-0.3, -0.25) is 0 Å². The third kappa shape index (κ3) is 2.10. The maximum Gasteiger partial charge on any atom is 0.0826 e. The van der Waals surface area contributed by atoms with Gasteiger partial charge in [0.25, 0.3) is 0 Å². The predicted octanol–water partition coefficient (Wildman–Crippen LogP) is 1.61. The lowest BCUT2D eigenvalue weighted by Gasteiger charge is -2.10. The zero-order valence-corrected chi connectivity index (χ0v) is 8.51. The van der Waals surface area contributed by atoms with E-state index in [0.29, 0.717) is 19.1 Å². The molecule has 0 aromatic carbocycles. The van der Waals surface area contributed by atoms with E-state index in [0.717, 1.165) is 6.42 Å². The molecule has 0 saturated carbocycles. The summed E-state index contributed by atoms with van der Waals surface area (Å²) < 4.78 is 5.20. The summed E-state index contributed by atoms with van der Waals surface area (Å²) in [5, 5.41) is 11.7. The molecule has 3 heteroatoms. The molecule has 1 aromatic rings. The van der Waals surface area contributed by atoms with Crippen LogP contribution in [0.5, 0.6) is 0 Å². The van der Waals surface area contributed by atoms with Crippen LogP contribution in [0, 0.1) is 12.8 Å². The van der Waals surface area contributed by atoms with Crippen LogP contribution >= 0.6 is 11.3 Å². The van der Waals surface area contributed by atoms with Gasteiger partial charge in [0.15, 0.2) is 0 Å². The smallest absolute Gasteiger partial charge is 0.0826 e. The normalized spacial score (nSPS) is 28.2. The van der Waals surface area contributed by atoms with Crippen LogP contribution in [0.4, 0.5) is 0 Å². The van der Waals surface area contributed by atoms with E-state index in [1.54, 1.807) is 11.3 Å². The van der Waals surface area contributed by atoms with Crippen molar-refractivity contribution in [3.05, 3.63) is 21.9 Å². The summed E-state index contributed by atoms with van der Waals surface area (Å²) in [5.41, 5.74) is 1.33. The minimum absolute atomic E-state index is 0.264. The molecule has 0 spiro atoms. The fraction of sp³-hybridized carbons (Fsp3) is 0.600. The minimum Gasteiger partial charge on any atom is -0.390 e. The lowest BCUT2D eigenvalue weighted by molar-refractivity contribution is 0.118. The lowest BCUT2D eigenvalue weighted by atomic mass is 9.98. The van der Waals surface area contributed by atoms with E-state index in [9.17, 15) is 5.11 Å². The Bertz CT molecular complexity index is 282. The fourth-order valence-corrected chi connectivity index (χ4v) is 2.41. The molecule has 1 fully saturated rings. The summed E-state index contributed by atoms with van der Waals surface area (Å²) in [6.45, 7) is 3.32. The van der Waals surface area contributed by atoms with Gasteiger partial charge in [0.1, 0.15) is 0 Å². The van der Waals surface area contributed by atoms with Crippen LogP contribution in [0.3, 0.4) is 0 Å². The SMILES string of the molecule is Cc1cc(C[C@@H]2COC[C@H]2O)cs1. The van der Waals surface area contributed by atoms with Gasteiger partial charge >= 0.3 is 0 Å². The van der Waals surface area contributed by atoms with Crippen LogP contribution in [-0.2, 0) is 11.2 Å². The van der Waals surface area contributed by atoms with Crippen molar-refractivity contribution in [2.75, 3.05) is 13.2 Å². The fourth-order valence-electron chi connectivity index (χ4n) is 1.69. The molecule has 2 rings (SSSR count). The molecular formula is C10H14O2S. The largest absolute Gasteiger partial charge is 0.390 e. The van der Waals surface area contributed by atoms with Crippen molar-refractivity contribution in [1.82, 2.24) is 0 Å². The average molecular weight is 198 g/mol. The standard InChI is InChI=1S/C10H14O2S/c1-7-2-8(6-13-7)3-9-4-12-5-10(9)11/h2,6,9-11H,3-5H2,1H3/t9-,10-/m1/s1. The molecule has 2 heterocycles. The highest BCUT2D eigenvalue weighted by atomic mass is 32.1. The van der Waals surface area contributed by atoms with Gasteiger partial charge in [0.2, 0.25) is 0 Å². The number of thiophene rings is 1. The second kappa shape index (κ2) is 3.78. The summed E-state index contributed by atoms with van der Waals surface area (Å²) in [7, 11) is 0. The predicted molar refractivity (Wildman–Crippen MR) is 53.1 cm³/mol. The van der Waals surface area contributed by atoms with Gasteiger partial charge in [-0.25, -0.2) is 0 Å². The minimum atomic E-state index is -0.264. The summed E-state index contributed by atoms with van der Waals surface area (Å²) in [4.78, 5) is 1.34. The van der Waals surface area contributed by atoms with Crippen LogP contribution < -0.4 is 0 Å². The average Bonchev–Trinajstić information content (AvgIpc) is 2.64. The molecule has 0 unspecified atom stereocenters. The molecular weight excluding hydrogens is 184 g/mol. The van der Waals surface area contributed by atoms with E-state index >= 15 is 0 Å². The zero-order valence-electron chi connectivity index (χ0n) is 7.69. The van der Waals surface area contributed by atoms with Crippen molar-refractivity contribution < 1.29 is 9.84 Å². The molecule has 2 atom stereocenters. The van der Waals surface area contributed by atoms with E-state index in [-0.39, 0.29) is 6.10 Å². The highest BCUT2D eigenvalue weighted by Gasteiger charge is 2.26. The lowest BCUT2D eigenvalue weighted by Crippen LogP contribution is -2.19. The van der Waals surface area contributed by atoms with Gasteiger partial charge in [0, 0.05) is 10.8 Å². The van der Waals surface area contributed by atoms with Crippen molar-refractivity contribution in [3.63, 3.8) is 0 Å². The first-order valence-electron chi connectivity index (χ1n) is 4.55. The molecule has 0 amide bonds. The first-order valence-corrected chi connectivity index (χ1v) is 5.43. The van der Waals surface area contributed by atoms with Crippen molar-refractivity contribution in [3.8, 4) is 0 Å². The van der Waals surface area contributed by atoms with Gasteiger partial charge in [-0.1, -0.05) is 0 Å². The van der Waals surface area contributed by atoms with Crippen LogP contribution in [0.1, 0.15) is 10.4 Å². The summed E-state index contributed by atoms with van der Waals surface area (Å²) >= 11 is 1.77. The van der Waals surface area contributed by atoms with E-state index in [2.05, 4.69) is 18.4 Å². The van der Waals surface area contributed by atoms with Crippen LogP contribution in [0.25, 0.3) is 0 Å². The van der Waals surface area contributed by atoms with Crippen LogP contribution in [0.15, 0.2) is 11.4 Å². The van der Waals surface area contributed by atoms with Crippen molar-refractivity contribution in [1.29, 1.82) is 0 Å². The van der Waals surface area contributed by atoms with Gasteiger partial charge < -0.3 is 9.84 Å². The molecule has 1 aliphatic rings. The number of rotatable bonds is 2. The highest BCUT2D eigenvalue weighted by molar-refractivity contribution is 7.10. The number of ether oxygens (including phenoxy) is 1. The molecule has 72 valence electrons. The molecule has 2 nitrogen and oxygen atoms in total. The molecule has 13 heavy (non-hydrogen) atoms. The van der Waals surface area contributed by atoms with Crippen molar-refractivity contribution in [2.24, 2.45) is 5.92 Å². The Morgan fingerprint density at radius 3 is 3.00 bits per heavy atom. The molecule has 0 bridgehead atoms. The third-order valence-corrected chi connectivity index (χ3v) is 3.36. The number of hydrogen-bond donors (Lipinski definition) is 1. The summed E-state index contributed by atoms with van der Waals surface area (Å²) in [6, 6.07) is 2.19. The monoisotopic (exact) mass is 198 g/mol. The second-order valence-corrected chi connectivity index (χ2v) is 4.75. The quantitative estimate of drug-likeness (QED) is 0.782. The van der Waals surface area contributed by atoms with Gasteiger partial charge in [0.05, 0.1) is 19.3 Å². The zero-order chi connectivity index (χ0) is 9.26. The molecule has 1 N–H and O–H groups in total. The van der Waals surface area contributed by atoms with Gasteiger partial charge in [-0.2, -0.15) is 0 Å². The maximum atomic E-state index is 9.54. The molecule has 1 aromatic heterocycles. The Morgan fingerprint density at radius 2 is 2.46 bits per heavy atom. The maximum absolute atomic E-state index is 9.54. The number of aryl methyl sites for hydroxylation is 1. The van der Waals surface area contributed by atoms with E-state index in [4.69, 9.17) is 4.74 Å². The molecule has 0 radical (unpaired) electrons. The first-order chi connectivity index (χ1) is 6.25. The van der Waals surface area contributed by atoms with Crippen LogP contribution in [-0.4, -0.2) is 24.4 Å². The van der Waals surface area contributed by atoms with E-state index in [1.807, 2.05) is 0 Å². The first kappa shape index (κ1) is 9.19. The van der Waals surface area contributed by atoms with Crippen molar-refractivity contribution in [2.45, 2.75) is 19.4 Å². The number of hydrogen-bond acceptors (Lipinski definition) is 3. The molecule has 1 aliphatic heterocycles. The van der Waals surface area contributed by atoms with E-state index < -0.39 is 0 Å². The Morgan fingerprint density at radius 1 is 1.62 bits per heavy atom. The van der Waals surface area contributed by atoms with Gasteiger partial charge in [-0.05, 0) is 30.4 Å². The van der Waals surface area contributed by atoms with Crippen molar-refractivity contribution >= 4 is 11.3 Å². The third-order valence-electron chi connectivity index (χ3n) is 2.45. The Labute approximate surface area is 82.2 Å². The summed E-state index contributed by atoms with van der Waals surface area (Å²) in [5.74, 6) is 0.300. The Balaban J connectivity index is 1.97. The summed E-state index contributed by atoms with van der Waals surface area (Å²) in [6.07, 6.45) is 0.686. The Kier molecular flexibility index (Phi) is 2.67. The van der Waals surface area contributed by atoms with Crippen LogP contribution in [0.2, 0.25) is 0 Å². The highest BCUT2D eigenvalue weighted by Crippen LogP contribution is 2.22.